The van der Waals surface area contributed by atoms with Crippen molar-refractivity contribution >= 4 is 17.3 Å². The molecule has 1 aliphatic heterocycles. The number of hydrogen-bond donors (Lipinski definition) is 1. The minimum absolute atomic E-state index is 0.133. The lowest BCUT2D eigenvalue weighted by molar-refractivity contribution is -0.129. The molecule has 17 heavy (non-hydrogen) atoms. The lowest BCUT2D eigenvalue weighted by atomic mass is 10.2. The summed E-state index contributed by atoms with van der Waals surface area (Å²) in [6, 6.07) is 8.22. The van der Waals surface area contributed by atoms with Crippen LogP contribution in [0.2, 0.25) is 0 Å². The molecule has 0 spiro atoms. The number of nitrogens with two attached hydrogens (primary N) is 1. The summed E-state index contributed by atoms with van der Waals surface area (Å²) in [5.41, 5.74) is 7.63. The van der Waals surface area contributed by atoms with Crippen molar-refractivity contribution in [1.29, 1.82) is 0 Å². The lowest BCUT2D eigenvalue weighted by Crippen LogP contribution is -2.37. The van der Waals surface area contributed by atoms with E-state index < -0.39 is 0 Å². The van der Waals surface area contributed by atoms with Crippen LogP contribution in [0, 0.1) is 0 Å². The summed E-state index contributed by atoms with van der Waals surface area (Å²) in [6.45, 7) is 3.51. The SMILES string of the molecule is CC(=O)N(C)[C@@H]1CCN(c2ccc(N)cc2)C1. The van der Waals surface area contributed by atoms with Crippen LogP contribution in [0.4, 0.5) is 11.4 Å². The standard InChI is InChI=1S/C13H19N3O/c1-10(17)15(2)13-7-8-16(9-13)12-5-3-11(14)4-6-12/h3-6,13H,7-9,14H2,1-2H3/t13-/m1/s1. The quantitative estimate of drug-likeness (QED) is 0.784. The first kappa shape index (κ1) is 11.8. The maximum Gasteiger partial charge on any atom is 0.219 e. The van der Waals surface area contributed by atoms with Crippen LogP contribution in [-0.2, 0) is 4.79 Å². The predicted octanol–water partition coefficient (Wildman–Crippen LogP) is 1.33. The molecule has 0 saturated carbocycles. The summed E-state index contributed by atoms with van der Waals surface area (Å²) in [5.74, 6) is 0.133. The van der Waals surface area contributed by atoms with Crippen LogP contribution in [-0.4, -0.2) is 37.0 Å². The molecule has 0 bridgehead atoms. The van der Waals surface area contributed by atoms with Gasteiger partial charge in [-0.2, -0.15) is 0 Å². The molecular formula is C13H19N3O. The molecule has 4 nitrogen and oxygen atoms in total. The van der Waals surface area contributed by atoms with E-state index in [1.54, 1.807) is 6.92 Å². The second-order valence-electron chi connectivity index (χ2n) is 4.61. The van der Waals surface area contributed by atoms with Gasteiger partial charge in [0.2, 0.25) is 5.91 Å². The Morgan fingerprint density at radius 3 is 2.65 bits per heavy atom. The number of hydrogen-bond acceptors (Lipinski definition) is 3. The molecule has 1 fully saturated rings. The summed E-state index contributed by atoms with van der Waals surface area (Å²) < 4.78 is 0. The normalized spacial score (nSPS) is 19.4. The Morgan fingerprint density at radius 1 is 1.41 bits per heavy atom. The molecule has 1 saturated heterocycles. The third kappa shape index (κ3) is 2.52. The van der Waals surface area contributed by atoms with Crippen molar-refractivity contribution in [2.24, 2.45) is 0 Å². The van der Waals surface area contributed by atoms with E-state index >= 15 is 0 Å². The summed E-state index contributed by atoms with van der Waals surface area (Å²) in [7, 11) is 1.87. The second kappa shape index (κ2) is 4.65. The van der Waals surface area contributed by atoms with Crippen LogP contribution in [0.1, 0.15) is 13.3 Å². The third-order valence-corrected chi connectivity index (χ3v) is 3.47. The molecule has 0 aliphatic carbocycles. The molecule has 0 aromatic heterocycles. The highest BCUT2D eigenvalue weighted by atomic mass is 16.2. The number of carbonyl (C=O) groups is 1. The largest absolute Gasteiger partial charge is 0.399 e. The minimum atomic E-state index is 0.133. The average Bonchev–Trinajstić information content (AvgIpc) is 2.78. The fourth-order valence-electron chi connectivity index (χ4n) is 2.23. The van der Waals surface area contributed by atoms with Crippen molar-refractivity contribution in [3.8, 4) is 0 Å². The van der Waals surface area contributed by atoms with Gasteiger partial charge in [-0.15, -0.1) is 0 Å². The Bertz CT molecular complexity index is 402. The van der Waals surface area contributed by atoms with E-state index in [4.69, 9.17) is 5.73 Å². The molecule has 1 aromatic rings. The number of carbonyl (C=O) groups excluding carboxylic acids is 1. The topological polar surface area (TPSA) is 49.6 Å². The first-order chi connectivity index (χ1) is 8.08. The molecule has 1 aliphatic rings. The maximum atomic E-state index is 11.3. The molecular weight excluding hydrogens is 214 g/mol. The highest BCUT2D eigenvalue weighted by Crippen LogP contribution is 2.23. The number of rotatable bonds is 2. The molecule has 92 valence electrons. The van der Waals surface area contributed by atoms with Crippen molar-refractivity contribution in [3.63, 3.8) is 0 Å². The molecule has 2 rings (SSSR count). The fraction of sp³-hybridized carbons (Fsp3) is 0.462. The number of anilines is 2. The Morgan fingerprint density at radius 2 is 2.06 bits per heavy atom. The second-order valence-corrected chi connectivity index (χ2v) is 4.61. The molecule has 4 heteroatoms. The lowest BCUT2D eigenvalue weighted by Gasteiger charge is -2.24. The van der Waals surface area contributed by atoms with E-state index in [0.717, 1.165) is 25.2 Å². The van der Waals surface area contributed by atoms with Gasteiger partial charge >= 0.3 is 0 Å². The molecule has 1 atom stereocenters. The zero-order valence-electron chi connectivity index (χ0n) is 10.4. The van der Waals surface area contributed by atoms with Gasteiger partial charge in [0.1, 0.15) is 0 Å². The predicted molar refractivity (Wildman–Crippen MR) is 69.9 cm³/mol. The van der Waals surface area contributed by atoms with Crippen LogP contribution in [0.25, 0.3) is 0 Å². The van der Waals surface area contributed by atoms with Gasteiger partial charge in [-0.3, -0.25) is 4.79 Å². The maximum absolute atomic E-state index is 11.3. The van der Waals surface area contributed by atoms with Crippen LogP contribution in [0.5, 0.6) is 0 Å². The Labute approximate surface area is 102 Å². The molecule has 0 radical (unpaired) electrons. The Hall–Kier alpha value is -1.71. The number of nitrogen functional groups attached to an aromatic ring is 1. The van der Waals surface area contributed by atoms with Gasteiger partial charge < -0.3 is 15.5 Å². The van der Waals surface area contributed by atoms with Crippen molar-refractivity contribution in [1.82, 2.24) is 4.90 Å². The zero-order valence-corrected chi connectivity index (χ0v) is 10.4. The van der Waals surface area contributed by atoms with E-state index in [9.17, 15) is 4.79 Å². The molecule has 1 amide bonds. The van der Waals surface area contributed by atoms with Gasteiger partial charge in [-0.05, 0) is 30.7 Å². The smallest absolute Gasteiger partial charge is 0.219 e. The zero-order chi connectivity index (χ0) is 12.4. The summed E-state index contributed by atoms with van der Waals surface area (Å²) in [6.07, 6.45) is 1.03. The van der Waals surface area contributed by atoms with Crippen LogP contribution < -0.4 is 10.6 Å². The minimum Gasteiger partial charge on any atom is -0.399 e. The Kier molecular flexibility index (Phi) is 3.22. The first-order valence-electron chi connectivity index (χ1n) is 5.92. The van der Waals surface area contributed by atoms with Crippen molar-refractivity contribution < 1.29 is 4.79 Å². The van der Waals surface area contributed by atoms with Crippen molar-refractivity contribution in [3.05, 3.63) is 24.3 Å². The van der Waals surface area contributed by atoms with Gasteiger partial charge in [0.15, 0.2) is 0 Å². The van der Waals surface area contributed by atoms with E-state index in [-0.39, 0.29) is 5.91 Å². The molecule has 1 aromatic carbocycles. The molecule has 2 N–H and O–H groups in total. The highest BCUT2D eigenvalue weighted by molar-refractivity contribution is 5.73. The summed E-state index contributed by atoms with van der Waals surface area (Å²) in [5, 5.41) is 0. The summed E-state index contributed by atoms with van der Waals surface area (Å²) >= 11 is 0. The number of likely N-dealkylation sites (N-methyl/N-ethyl adjacent to an activating group) is 1. The monoisotopic (exact) mass is 233 g/mol. The van der Waals surface area contributed by atoms with E-state index in [1.807, 2.05) is 36.2 Å². The van der Waals surface area contributed by atoms with E-state index in [0.29, 0.717) is 6.04 Å². The van der Waals surface area contributed by atoms with E-state index in [2.05, 4.69) is 4.90 Å². The average molecular weight is 233 g/mol. The van der Waals surface area contributed by atoms with Crippen LogP contribution in [0.3, 0.4) is 0 Å². The first-order valence-corrected chi connectivity index (χ1v) is 5.92. The third-order valence-electron chi connectivity index (χ3n) is 3.47. The summed E-state index contributed by atoms with van der Waals surface area (Å²) in [4.78, 5) is 15.4. The number of benzene rings is 1. The molecule has 0 unspecified atom stereocenters. The Balaban J connectivity index is 2.02. The van der Waals surface area contributed by atoms with Gasteiger partial charge in [-0.25, -0.2) is 0 Å². The molecule has 1 heterocycles. The van der Waals surface area contributed by atoms with Gasteiger partial charge in [0.05, 0.1) is 6.04 Å². The van der Waals surface area contributed by atoms with Gasteiger partial charge in [0.25, 0.3) is 0 Å². The van der Waals surface area contributed by atoms with Gasteiger partial charge in [-0.1, -0.05) is 0 Å². The highest BCUT2D eigenvalue weighted by Gasteiger charge is 2.26. The number of nitrogens with zero attached hydrogens (tertiary/aromatic N) is 2. The van der Waals surface area contributed by atoms with Crippen molar-refractivity contribution in [2.75, 3.05) is 30.8 Å². The van der Waals surface area contributed by atoms with Crippen LogP contribution in [0.15, 0.2) is 24.3 Å². The van der Waals surface area contributed by atoms with Crippen molar-refractivity contribution in [2.45, 2.75) is 19.4 Å². The fourth-order valence-corrected chi connectivity index (χ4v) is 2.23. The number of amides is 1. The van der Waals surface area contributed by atoms with E-state index in [1.165, 1.54) is 5.69 Å². The van der Waals surface area contributed by atoms with Crippen LogP contribution >= 0.6 is 0 Å². The van der Waals surface area contributed by atoms with Gasteiger partial charge in [0, 0.05) is 38.4 Å².